The Hall–Kier alpha value is -2.71. The van der Waals surface area contributed by atoms with Crippen molar-refractivity contribution < 1.29 is 13.9 Å². The molecule has 1 aliphatic rings. The first kappa shape index (κ1) is 20.6. The summed E-state index contributed by atoms with van der Waals surface area (Å²) in [5, 5.41) is 3.64. The number of nitrogens with two attached hydrogens (primary N) is 1. The molecule has 0 spiro atoms. The van der Waals surface area contributed by atoms with Gasteiger partial charge in [0.05, 0.1) is 27.5 Å². The number of amides is 1. The van der Waals surface area contributed by atoms with Crippen LogP contribution < -0.4 is 11.1 Å². The molecule has 3 aromatic rings. The Kier molecular flexibility index (Phi) is 6.44. The summed E-state index contributed by atoms with van der Waals surface area (Å²) in [5.41, 5.74) is 6.95. The Balaban J connectivity index is 1.16. The number of ether oxygens (including phenoxy) is 1. The summed E-state index contributed by atoms with van der Waals surface area (Å²) in [5.74, 6) is -0.0570. The number of nitrogens with zero attached hydrogens (tertiary/aromatic N) is 2. The average Bonchev–Trinajstić information content (AvgIpc) is 3.18. The summed E-state index contributed by atoms with van der Waals surface area (Å²) >= 11 is 1.80. The molecule has 0 saturated carbocycles. The van der Waals surface area contributed by atoms with Crippen LogP contribution in [0.1, 0.15) is 30.2 Å². The molecule has 1 fully saturated rings. The molecule has 3 N–H and O–H groups in total. The van der Waals surface area contributed by atoms with E-state index in [0.717, 1.165) is 50.5 Å². The van der Waals surface area contributed by atoms with Gasteiger partial charge in [0.15, 0.2) is 0 Å². The predicted octanol–water partition coefficient (Wildman–Crippen LogP) is 4.84. The summed E-state index contributed by atoms with van der Waals surface area (Å²) in [4.78, 5) is 19.0. The van der Waals surface area contributed by atoms with E-state index in [1.165, 1.54) is 21.8 Å². The van der Waals surface area contributed by atoms with Crippen molar-refractivity contribution in [2.45, 2.75) is 25.2 Å². The topological polar surface area (TPSA) is 80.5 Å². The van der Waals surface area contributed by atoms with Gasteiger partial charge in [0.2, 0.25) is 0 Å². The Morgan fingerprint density at radius 3 is 2.83 bits per heavy atom. The summed E-state index contributed by atoms with van der Waals surface area (Å²) in [6.07, 6.45) is 2.27. The zero-order chi connectivity index (χ0) is 20.9. The van der Waals surface area contributed by atoms with E-state index < -0.39 is 11.9 Å². The fourth-order valence-corrected chi connectivity index (χ4v) is 4.84. The summed E-state index contributed by atoms with van der Waals surface area (Å²) in [6.45, 7) is 3.20. The largest absolute Gasteiger partial charge is 0.449 e. The van der Waals surface area contributed by atoms with E-state index in [-0.39, 0.29) is 5.69 Å². The third-order valence-electron chi connectivity index (χ3n) is 5.33. The van der Waals surface area contributed by atoms with Gasteiger partial charge in [-0.1, -0.05) is 12.1 Å². The van der Waals surface area contributed by atoms with Gasteiger partial charge in [-0.05, 0) is 62.7 Å². The van der Waals surface area contributed by atoms with Crippen molar-refractivity contribution in [3.63, 3.8) is 0 Å². The van der Waals surface area contributed by atoms with Gasteiger partial charge in [-0.3, -0.25) is 5.32 Å². The molecule has 1 amide bonds. The second-order valence-corrected chi connectivity index (χ2v) is 8.55. The number of anilines is 2. The first-order valence-electron chi connectivity index (χ1n) is 10.1. The van der Waals surface area contributed by atoms with Crippen LogP contribution >= 0.6 is 11.3 Å². The molecule has 8 heteroatoms. The first-order valence-corrected chi connectivity index (χ1v) is 11.0. The van der Waals surface area contributed by atoms with Crippen LogP contribution in [-0.2, 0) is 4.74 Å². The van der Waals surface area contributed by atoms with Crippen LogP contribution in [0.25, 0.3) is 10.2 Å². The monoisotopic (exact) mass is 428 g/mol. The third kappa shape index (κ3) is 5.06. The molecule has 1 aliphatic heterocycles. The molecule has 2 heterocycles. The molecule has 4 rings (SSSR count). The molecule has 1 saturated heterocycles. The second-order valence-electron chi connectivity index (χ2n) is 7.49. The van der Waals surface area contributed by atoms with E-state index in [1.807, 2.05) is 6.07 Å². The Morgan fingerprint density at radius 1 is 1.27 bits per heavy atom. The van der Waals surface area contributed by atoms with Crippen molar-refractivity contribution in [3.8, 4) is 0 Å². The lowest BCUT2D eigenvalue weighted by atomic mass is 9.97. The van der Waals surface area contributed by atoms with Crippen LogP contribution in [0.15, 0.2) is 42.5 Å². The molecule has 0 aliphatic carbocycles. The van der Waals surface area contributed by atoms with Crippen LogP contribution in [0, 0.1) is 5.82 Å². The average molecular weight is 429 g/mol. The summed E-state index contributed by atoms with van der Waals surface area (Å²) in [7, 11) is 0. The maximum absolute atomic E-state index is 13.7. The zero-order valence-corrected chi connectivity index (χ0v) is 17.5. The number of nitrogen functional groups attached to an aromatic ring is 1. The Labute approximate surface area is 178 Å². The van der Waals surface area contributed by atoms with Crippen LogP contribution in [0.3, 0.4) is 0 Å². The van der Waals surface area contributed by atoms with Crippen LogP contribution in [-0.4, -0.2) is 42.2 Å². The molecule has 0 radical (unpaired) electrons. The van der Waals surface area contributed by atoms with Crippen molar-refractivity contribution in [2.75, 3.05) is 37.3 Å². The van der Waals surface area contributed by atoms with Gasteiger partial charge in [0.25, 0.3) is 0 Å². The smallest absolute Gasteiger partial charge is 0.411 e. The molecule has 6 nitrogen and oxygen atoms in total. The maximum atomic E-state index is 13.7. The Morgan fingerprint density at radius 2 is 2.07 bits per heavy atom. The van der Waals surface area contributed by atoms with Gasteiger partial charge in [-0.15, -0.1) is 11.3 Å². The summed E-state index contributed by atoms with van der Waals surface area (Å²) < 4.78 is 20.1. The molecule has 0 atom stereocenters. The molecule has 30 heavy (non-hydrogen) atoms. The van der Waals surface area contributed by atoms with E-state index in [1.54, 1.807) is 11.3 Å². The molecule has 158 valence electrons. The molecular weight excluding hydrogens is 403 g/mol. The number of hydrogen-bond donors (Lipinski definition) is 2. The molecule has 0 bridgehead atoms. The van der Waals surface area contributed by atoms with E-state index in [4.69, 9.17) is 15.5 Å². The highest BCUT2D eigenvalue weighted by atomic mass is 32.1. The van der Waals surface area contributed by atoms with Crippen molar-refractivity contribution in [2.24, 2.45) is 0 Å². The van der Waals surface area contributed by atoms with E-state index in [9.17, 15) is 9.18 Å². The van der Waals surface area contributed by atoms with Gasteiger partial charge >= 0.3 is 6.09 Å². The molecule has 0 unspecified atom stereocenters. The molecule has 1 aromatic heterocycles. The number of fused-ring (bicyclic) bond motifs is 1. The highest BCUT2D eigenvalue weighted by molar-refractivity contribution is 7.18. The number of carbonyl (C=O) groups excluding carboxylic acids is 1. The fourth-order valence-electron chi connectivity index (χ4n) is 3.70. The Bertz CT molecular complexity index is 984. The maximum Gasteiger partial charge on any atom is 0.411 e. The predicted molar refractivity (Wildman–Crippen MR) is 118 cm³/mol. The van der Waals surface area contributed by atoms with Gasteiger partial charge in [-0.2, -0.15) is 0 Å². The minimum absolute atomic E-state index is 0.0612. The number of para-hydroxylation sites is 1. The number of hydrogen-bond acceptors (Lipinski definition) is 6. The number of halogens is 1. The number of thiazole rings is 1. The van der Waals surface area contributed by atoms with E-state index >= 15 is 0 Å². The molecule has 2 aromatic carbocycles. The van der Waals surface area contributed by atoms with Gasteiger partial charge in [0, 0.05) is 18.2 Å². The second kappa shape index (κ2) is 9.40. The molecular formula is C22H25FN4O2S. The van der Waals surface area contributed by atoms with E-state index in [2.05, 4.69) is 28.4 Å². The van der Waals surface area contributed by atoms with E-state index in [0.29, 0.717) is 18.2 Å². The highest BCUT2D eigenvalue weighted by Gasteiger charge is 2.23. The lowest BCUT2D eigenvalue weighted by molar-refractivity contribution is 0.146. The zero-order valence-electron chi connectivity index (χ0n) is 16.6. The number of nitrogens with one attached hydrogen (secondary N) is 1. The fraction of sp³-hybridized carbons (Fsp3) is 0.364. The van der Waals surface area contributed by atoms with Crippen LogP contribution in [0.4, 0.5) is 20.6 Å². The van der Waals surface area contributed by atoms with Gasteiger partial charge in [0.1, 0.15) is 5.82 Å². The number of benzene rings is 2. The number of aromatic nitrogens is 1. The number of piperidine rings is 1. The number of rotatable bonds is 6. The lowest BCUT2D eigenvalue weighted by Crippen LogP contribution is -2.34. The van der Waals surface area contributed by atoms with Crippen molar-refractivity contribution >= 4 is 39.0 Å². The SMILES string of the molecule is Nc1ccc(NC(=O)OCCCN2CCC(c3nc4ccccc4s3)CC2)c(F)c1. The minimum atomic E-state index is -0.659. The van der Waals surface area contributed by atoms with Crippen LogP contribution in [0.5, 0.6) is 0 Å². The van der Waals surface area contributed by atoms with Gasteiger partial charge < -0.3 is 15.4 Å². The summed E-state index contributed by atoms with van der Waals surface area (Å²) in [6, 6.07) is 12.4. The van der Waals surface area contributed by atoms with Crippen LogP contribution in [0.2, 0.25) is 0 Å². The normalized spacial score (nSPS) is 15.4. The minimum Gasteiger partial charge on any atom is -0.449 e. The highest BCUT2D eigenvalue weighted by Crippen LogP contribution is 2.33. The lowest BCUT2D eigenvalue weighted by Gasteiger charge is -2.30. The first-order chi connectivity index (χ1) is 14.6. The van der Waals surface area contributed by atoms with Crippen molar-refractivity contribution in [1.82, 2.24) is 9.88 Å². The van der Waals surface area contributed by atoms with Gasteiger partial charge in [-0.25, -0.2) is 14.2 Å². The number of likely N-dealkylation sites (tertiary alicyclic amines) is 1. The van der Waals surface area contributed by atoms with Crippen molar-refractivity contribution in [3.05, 3.63) is 53.3 Å². The number of carbonyl (C=O) groups is 1. The quantitative estimate of drug-likeness (QED) is 0.434. The third-order valence-corrected chi connectivity index (χ3v) is 6.53. The van der Waals surface area contributed by atoms with Crippen molar-refractivity contribution in [1.29, 1.82) is 0 Å². The standard InChI is InChI=1S/C22H25FN4O2S/c23-17-14-16(24)6-7-18(17)26-22(28)29-13-3-10-27-11-8-15(9-12-27)21-25-19-4-1-2-5-20(19)30-21/h1-2,4-7,14-15H,3,8-13,24H2,(H,26,28).